The van der Waals surface area contributed by atoms with Crippen LogP contribution in [0.4, 0.5) is 5.69 Å². The fraction of sp³-hybridized carbons (Fsp3) is 0.571. The Hall–Kier alpha value is -1.62. The zero-order valence-corrected chi connectivity index (χ0v) is 12.2. The summed E-state index contributed by atoms with van der Waals surface area (Å²) >= 11 is 0. The van der Waals surface area contributed by atoms with Crippen molar-refractivity contribution in [1.29, 1.82) is 0 Å². The van der Waals surface area contributed by atoms with Gasteiger partial charge in [-0.1, -0.05) is 6.92 Å². The van der Waals surface area contributed by atoms with E-state index in [1.54, 1.807) is 12.3 Å². The third-order valence-electron chi connectivity index (χ3n) is 2.87. The van der Waals surface area contributed by atoms with Crippen molar-refractivity contribution in [2.45, 2.75) is 26.3 Å². The van der Waals surface area contributed by atoms with E-state index in [2.05, 4.69) is 20.5 Å². The van der Waals surface area contributed by atoms with Gasteiger partial charge in [-0.25, -0.2) is 0 Å². The van der Waals surface area contributed by atoms with Crippen LogP contribution in [0.1, 0.15) is 30.8 Å². The Morgan fingerprint density at radius 1 is 1.47 bits per heavy atom. The van der Waals surface area contributed by atoms with Crippen LogP contribution < -0.4 is 10.6 Å². The van der Waals surface area contributed by atoms with Crippen LogP contribution in [-0.2, 0) is 0 Å². The maximum atomic E-state index is 11.9. The summed E-state index contributed by atoms with van der Waals surface area (Å²) in [5.41, 5.74) is 1.38. The number of nitrogens with one attached hydrogen (secondary N) is 2. The zero-order chi connectivity index (χ0) is 14.3. The quantitative estimate of drug-likeness (QED) is 0.785. The summed E-state index contributed by atoms with van der Waals surface area (Å²) in [7, 11) is 4.05. The maximum Gasteiger partial charge on any atom is 0.270 e. The maximum absolute atomic E-state index is 11.9. The molecular formula is C14H24N4O. The first-order valence-electron chi connectivity index (χ1n) is 6.68. The topological polar surface area (TPSA) is 57.3 Å². The van der Waals surface area contributed by atoms with Crippen LogP contribution in [0.3, 0.4) is 0 Å². The standard InChI is InChI=1S/C14H24N4O/c1-5-11(2)17-14(19)13-10-12(6-7-16-13)15-8-9-18(3)4/h6-7,10-11H,5,8-9H2,1-4H3,(H,15,16)(H,17,19). The molecular weight excluding hydrogens is 240 g/mol. The van der Waals surface area contributed by atoms with E-state index in [9.17, 15) is 4.79 Å². The molecule has 2 N–H and O–H groups in total. The van der Waals surface area contributed by atoms with Gasteiger partial charge in [0.05, 0.1) is 0 Å². The molecule has 0 fully saturated rings. The lowest BCUT2D eigenvalue weighted by Gasteiger charge is -2.13. The van der Waals surface area contributed by atoms with Crippen molar-refractivity contribution in [3.8, 4) is 0 Å². The van der Waals surface area contributed by atoms with Crippen molar-refractivity contribution in [1.82, 2.24) is 15.2 Å². The number of likely N-dealkylation sites (N-methyl/N-ethyl adjacent to an activating group) is 1. The number of hydrogen-bond acceptors (Lipinski definition) is 4. The molecule has 1 aromatic heterocycles. The molecule has 1 rings (SSSR count). The Bertz CT molecular complexity index is 406. The molecule has 0 aliphatic carbocycles. The summed E-state index contributed by atoms with van der Waals surface area (Å²) in [5.74, 6) is -0.120. The highest BCUT2D eigenvalue weighted by atomic mass is 16.1. The largest absolute Gasteiger partial charge is 0.384 e. The van der Waals surface area contributed by atoms with E-state index in [1.807, 2.05) is 34.0 Å². The third kappa shape index (κ3) is 5.70. The SMILES string of the molecule is CCC(C)NC(=O)c1cc(NCCN(C)C)ccn1. The van der Waals surface area contributed by atoms with Gasteiger partial charge in [-0.05, 0) is 39.6 Å². The van der Waals surface area contributed by atoms with Gasteiger partial charge in [0.2, 0.25) is 0 Å². The second-order valence-corrected chi connectivity index (χ2v) is 4.94. The van der Waals surface area contributed by atoms with Gasteiger partial charge < -0.3 is 15.5 Å². The highest BCUT2D eigenvalue weighted by Gasteiger charge is 2.10. The van der Waals surface area contributed by atoms with Crippen molar-refractivity contribution in [3.05, 3.63) is 24.0 Å². The molecule has 1 amide bonds. The molecule has 106 valence electrons. The first-order chi connectivity index (χ1) is 9.02. The van der Waals surface area contributed by atoms with Crippen LogP contribution in [0.2, 0.25) is 0 Å². The first kappa shape index (κ1) is 15.4. The normalized spacial score (nSPS) is 12.3. The first-order valence-corrected chi connectivity index (χ1v) is 6.68. The van der Waals surface area contributed by atoms with Crippen LogP contribution in [0, 0.1) is 0 Å². The molecule has 0 saturated carbocycles. The van der Waals surface area contributed by atoms with E-state index in [4.69, 9.17) is 0 Å². The number of carbonyl (C=O) groups is 1. The summed E-state index contributed by atoms with van der Waals surface area (Å²) in [5, 5.41) is 6.19. The van der Waals surface area contributed by atoms with Gasteiger partial charge in [-0.2, -0.15) is 0 Å². The molecule has 0 bridgehead atoms. The van der Waals surface area contributed by atoms with E-state index in [0.717, 1.165) is 25.2 Å². The molecule has 1 unspecified atom stereocenters. The van der Waals surface area contributed by atoms with Crippen molar-refractivity contribution in [2.24, 2.45) is 0 Å². The summed E-state index contributed by atoms with van der Waals surface area (Å²) in [4.78, 5) is 18.1. The average molecular weight is 264 g/mol. The predicted molar refractivity (Wildman–Crippen MR) is 78.5 cm³/mol. The molecule has 0 saturated heterocycles. The summed E-state index contributed by atoms with van der Waals surface area (Å²) in [6.45, 7) is 5.80. The number of pyridine rings is 1. The molecule has 0 spiro atoms. The van der Waals surface area contributed by atoms with Crippen LogP contribution >= 0.6 is 0 Å². The highest BCUT2D eigenvalue weighted by Crippen LogP contribution is 2.08. The number of carbonyl (C=O) groups excluding carboxylic acids is 1. The van der Waals surface area contributed by atoms with Gasteiger partial charge in [-0.3, -0.25) is 9.78 Å². The smallest absolute Gasteiger partial charge is 0.270 e. The molecule has 0 aliphatic rings. The summed E-state index contributed by atoms with van der Waals surface area (Å²) in [6.07, 6.45) is 2.57. The van der Waals surface area contributed by atoms with E-state index >= 15 is 0 Å². The minimum absolute atomic E-state index is 0.120. The fourth-order valence-electron chi connectivity index (χ4n) is 1.49. The highest BCUT2D eigenvalue weighted by molar-refractivity contribution is 5.93. The molecule has 0 aromatic carbocycles. The van der Waals surface area contributed by atoms with E-state index in [-0.39, 0.29) is 11.9 Å². The van der Waals surface area contributed by atoms with Crippen molar-refractivity contribution in [3.63, 3.8) is 0 Å². The van der Waals surface area contributed by atoms with Crippen molar-refractivity contribution in [2.75, 3.05) is 32.5 Å². The molecule has 5 nitrogen and oxygen atoms in total. The molecule has 5 heteroatoms. The Labute approximate surface area is 115 Å². The van der Waals surface area contributed by atoms with E-state index < -0.39 is 0 Å². The molecule has 1 aromatic rings. The molecule has 19 heavy (non-hydrogen) atoms. The lowest BCUT2D eigenvalue weighted by atomic mass is 10.2. The summed E-state index contributed by atoms with van der Waals surface area (Å²) in [6, 6.07) is 3.82. The predicted octanol–water partition coefficient (Wildman–Crippen LogP) is 1.58. The lowest BCUT2D eigenvalue weighted by molar-refractivity contribution is 0.0934. The number of amides is 1. The van der Waals surface area contributed by atoms with Gasteiger partial charge >= 0.3 is 0 Å². The average Bonchev–Trinajstić information content (AvgIpc) is 2.38. The molecule has 0 aliphatic heterocycles. The monoisotopic (exact) mass is 264 g/mol. The number of anilines is 1. The van der Waals surface area contributed by atoms with Crippen LogP contribution in [0.5, 0.6) is 0 Å². The Morgan fingerprint density at radius 3 is 2.84 bits per heavy atom. The van der Waals surface area contributed by atoms with E-state index in [1.165, 1.54) is 0 Å². The van der Waals surface area contributed by atoms with Gasteiger partial charge in [0.25, 0.3) is 5.91 Å². The number of rotatable bonds is 7. The Morgan fingerprint density at radius 2 is 2.21 bits per heavy atom. The van der Waals surface area contributed by atoms with Gasteiger partial charge in [-0.15, -0.1) is 0 Å². The third-order valence-corrected chi connectivity index (χ3v) is 2.87. The van der Waals surface area contributed by atoms with Crippen LogP contribution in [-0.4, -0.2) is 49.0 Å². The number of aromatic nitrogens is 1. The number of nitrogens with zero attached hydrogens (tertiary/aromatic N) is 2. The van der Waals surface area contributed by atoms with Crippen LogP contribution in [0.15, 0.2) is 18.3 Å². The van der Waals surface area contributed by atoms with Gasteiger partial charge in [0, 0.05) is 31.0 Å². The fourth-order valence-corrected chi connectivity index (χ4v) is 1.49. The molecule has 1 atom stereocenters. The molecule has 0 radical (unpaired) electrons. The second-order valence-electron chi connectivity index (χ2n) is 4.94. The van der Waals surface area contributed by atoms with Gasteiger partial charge in [0.1, 0.15) is 5.69 Å². The minimum Gasteiger partial charge on any atom is -0.384 e. The van der Waals surface area contributed by atoms with Crippen molar-refractivity contribution >= 4 is 11.6 Å². The van der Waals surface area contributed by atoms with Crippen LogP contribution in [0.25, 0.3) is 0 Å². The Balaban J connectivity index is 2.58. The van der Waals surface area contributed by atoms with E-state index in [0.29, 0.717) is 5.69 Å². The zero-order valence-electron chi connectivity index (χ0n) is 12.2. The molecule has 1 heterocycles. The minimum atomic E-state index is -0.120. The van der Waals surface area contributed by atoms with Crippen molar-refractivity contribution < 1.29 is 4.79 Å². The van der Waals surface area contributed by atoms with Gasteiger partial charge in [0.15, 0.2) is 0 Å². The lowest BCUT2D eigenvalue weighted by Crippen LogP contribution is -2.32. The second kappa shape index (κ2) is 7.74. The Kier molecular flexibility index (Phi) is 6.29. The number of hydrogen-bond donors (Lipinski definition) is 2. The summed E-state index contributed by atoms with van der Waals surface area (Å²) < 4.78 is 0.